The Labute approximate surface area is 105 Å². The van der Waals surface area contributed by atoms with Crippen LogP contribution in [0.1, 0.15) is 18.1 Å². The SMILES string of the molecule is Cc1ccc(NC(=O)C(C)SC(N)=O)c(C)c1. The molecule has 5 heteroatoms. The van der Waals surface area contributed by atoms with Gasteiger partial charge in [-0.25, -0.2) is 0 Å². The first kappa shape index (κ1) is 13.6. The normalized spacial score (nSPS) is 11.9. The molecule has 0 saturated heterocycles. The summed E-state index contributed by atoms with van der Waals surface area (Å²) in [6.07, 6.45) is 0. The Hall–Kier alpha value is -1.49. The summed E-state index contributed by atoms with van der Waals surface area (Å²) in [5, 5.41) is 1.73. The second-order valence-electron chi connectivity index (χ2n) is 3.89. The molecule has 1 atom stereocenters. The van der Waals surface area contributed by atoms with Gasteiger partial charge in [0.15, 0.2) is 0 Å². The van der Waals surface area contributed by atoms with Gasteiger partial charge in [0.2, 0.25) is 5.91 Å². The molecule has 92 valence electrons. The fraction of sp³-hybridized carbons (Fsp3) is 0.333. The number of aryl methyl sites for hydroxylation is 2. The number of amides is 2. The second kappa shape index (κ2) is 5.72. The molecule has 17 heavy (non-hydrogen) atoms. The molecule has 1 unspecified atom stereocenters. The minimum atomic E-state index is -0.548. The third kappa shape index (κ3) is 4.11. The first-order chi connectivity index (χ1) is 7.90. The monoisotopic (exact) mass is 252 g/mol. The van der Waals surface area contributed by atoms with Crippen molar-refractivity contribution in [3.8, 4) is 0 Å². The highest BCUT2D eigenvalue weighted by atomic mass is 32.2. The minimum Gasteiger partial charge on any atom is -0.360 e. The Bertz CT molecular complexity index is 446. The molecule has 1 rings (SSSR count). The summed E-state index contributed by atoms with van der Waals surface area (Å²) in [5.41, 5.74) is 7.91. The van der Waals surface area contributed by atoms with Gasteiger partial charge in [0, 0.05) is 5.69 Å². The van der Waals surface area contributed by atoms with Crippen LogP contribution in [0.15, 0.2) is 18.2 Å². The molecule has 0 spiro atoms. The molecular weight excluding hydrogens is 236 g/mol. The molecule has 0 aliphatic carbocycles. The Balaban J connectivity index is 2.71. The van der Waals surface area contributed by atoms with Gasteiger partial charge in [-0.1, -0.05) is 29.5 Å². The number of nitrogens with one attached hydrogen (secondary N) is 1. The van der Waals surface area contributed by atoms with E-state index in [0.29, 0.717) is 0 Å². The van der Waals surface area contributed by atoms with Crippen LogP contribution in [-0.4, -0.2) is 16.4 Å². The van der Waals surface area contributed by atoms with Gasteiger partial charge in [-0.15, -0.1) is 0 Å². The highest BCUT2D eigenvalue weighted by molar-refractivity contribution is 8.14. The van der Waals surface area contributed by atoms with E-state index in [2.05, 4.69) is 5.32 Å². The molecular formula is C12H16N2O2S. The maximum atomic E-state index is 11.7. The average molecular weight is 252 g/mol. The minimum absolute atomic E-state index is 0.222. The molecule has 1 aromatic rings. The van der Waals surface area contributed by atoms with Gasteiger partial charge >= 0.3 is 0 Å². The molecule has 4 nitrogen and oxygen atoms in total. The van der Waals surface area contributed by atoms with E-state index in [1.54, 1.807) is 6.92 Å². The quantitative estimate of drug-likeness (QED) is 0.867. The Morgan fingerprint density at radius 1 is 1.35 bits per heavy atom. The Morgan fingerprint density at radius 3 is 2.53 bits per heavy atom. The molecule has 0 bridgehead atoms. The smallest absolute Gasteiger partial charge is 0.277 e. The summed E-state index contributed by atoms with van der Waals surface area (Å²) < 4.78 is 0. The van der Waals surface area contributed by atoms with Crippen molar-refractivity contribution < 1.29 is 9.59 Å². The zero-order chi connectivity index (χ0) is 13.0. The third-order valence-electron chi connectivity index (χ3n) is 2.30. The lowest BCUT2D eigenvalue weighted by Crippen LogP contribution is -2.25. The van der Waals surface area contributed by atoms with E-state index in [-0.39, 0.29) is 5.91 Å². The van der Waals surface area contributed by atoms with Gasteiger partial charge in [0.05, 0.1) is 5.25 Å². The van der Waals surface area contributed by atoms with Gasteiger partial charge in [0.25, 0.3) is 5.24 Å². The number of rotatable bonds is 3. The number of benzene rings is 1. The van der Waals surface area contributed by atoms with Crippen molar-refractivity contribution in [3.63, 3.8) is 0 Å². The van der Waals surface area contributed by atoms with Crippen molar-refractivity contribution in [1.82, 2.24) is 0 Å². The van der Waals surface area contributed by atoms with Gasteiger partial charge < -0.3 is 11.1 Å². The van der Waals surface area contributed by atoms with Crippen LogP contribution >= 0.6 is 11.8 Å². The first-order valence-corrected chi connectivity index (χ1v) is 6.12. The van der Waals surface area contributed by atoms with Crippen LogP contribution in [0.25, 0.3) is 0 Å². The zero-order valence-electron chi connectivity index (χ0n) is 10.1. The predicted octanol–water partition coefficient (Wildman–Crippen LogP) is 2.44. The number of carbonyl (C=O) groups excluding carboxylic acids is 2. The first-order valence-electron chi connectivity index (χ1n) is 5.24. The third-order valence-corrected chi connectivity index (χ3v) is 3.10. The fourth-order valence-corrected chi connectivity index (χ4v) is 1.93. The number of carbonyl (C=O) groups is 2. The molecule has 2 amide bonds. The lowest BCUT2D eigenvalue weighted by molar-refractivity contribution is -0.115. The van der Waals surface area contributed by atoms with Crippen molar-refractivity contribution >= 4 is 28.6 Å². The number of primary amides is 1. The van der Waals surface area contributed by atoms with Crippen LogP contribution in [0, 0.1) is 13.8 Å². The van der Waals surface area contributed by atoms with Crippen LogP contribution in [0.2, 0.25) is 0 Å². The summed E-state index contributed by atoms with van der Waals surface area (Å²) in [6.45, 7) is 5.56. The number of thioether (sulfide) groups is 1. The number of nitrogens with two attached hydrogens (primary N) is 1. The van der Waals surface area contributed by atoms with Crippen molar-refractivity contribution in [1.29, 1.82) is 0 Å². The summed E-state index contributed by atoms with van der Waals surface area (Å²) in [4.78, 5) is 22.4. The highest BCUT2D eigenvalue weighted by Crippen LogP contribution is 2.18. The van der Waals surface area contributed by atoms with E-state index in [1.165, 1.54) is 0 Å². The van der Waals surface area contributed by atoms with Crippen molar-refractivity contribution in [2.75, 3.05) is 5.32 Å². The lowest BCUT2D eigenvalue weighted by Gasteiger charge is -2.12. The molecule has 0 radical (unpaired) electrons. The molecule has 0 fully saturated rings. The van der Waals surface area contributed by atoms with Crippen LogP contribution in [0.3, 0.4) is 0 Å². The molecule has 0 aliphatic rings. The van der Waals surface area contributed by atoms with E-state index < -0.39 is 10.5 Å². The van der Waals surface area contributed by atoms with Crippen molar-refractivity contribution in [2.24, 2.45) is 5.73 Å². The fourth-order valence-electron chi connectivity index (χ4n) is 1.42. The van der Waals surface area contributed by atoms with Gasteiger partial charge in [-0.3, -0.25) is 9.59 Å². The van der Waals surface area contributed by atoms with E-state index in [4.69, 9.17) is 5.73 Å². The maximum absolute atomic E-state index is 11.7. The second-order valence-corrected chi connectivity index (χ2v) is 5.23. The highest BCUT2D eigenvalue weighted by Gasteiger charge is 2.16. The molecule has 0 saturated carbocycles. The molecule has 0 heterocycles. The lowest BCUT2D eigenvalue weighted by atomic mass is 10.1. The van der Waals surface area contributed by atoms with E-state index in [1.807, 2.05) is 32.0 Å². The molecule has 3 N–H and O–H groups in total. The zero-order valence-corrected chi connectivity index (χ0v) is 10.9. The van der Waals surface area contributed by atoms with E-state index in [9.17, 15) is 9.59 Å². The largest absolute Gasteiger partial charge is 0.360 e. The summed E-state index contributed by atoms with van der Waals surface area (Å²) in [5.74, 6) is -0.222. The molecule has 1 aromatic carbocycles. The Morgan fingerprint density at radius 2 is 2.00 bits per heavy atom. The Kier molecular flexibility index (Phi) is 4.57. The van der Waals surface area contributed by atoms with Crippen LogP contribution in [-0.2, 0) is 4.79 Å². The van der Waals surface area contributed by atoms with Crippen molar-refractivity contribution in [3.05, 3.63) is 29.3 Å². The topological polar surface area (TPSA) is 72.2 Å². The van der Waals surface area contributed by atoms with Gasteiger partial charge in [-0.05, 0) is 32.4 Å². The summed E-state index contributed by atoms with van der Waals surface area (Å²) in [7, 11) is 0. The van der Waals surface area contributed by atoms with Crippen LogP contribution in [0.5, 0.6) is 0 Å². The standard InChI is InChI=1S/C12H16N2O2S/c1-7-4-5-10(8(2)6-7)14-11(15)9(3)17-12(13)16/h4-6,9H,1-3H3,(H2,13,16)(H,14,15). The van der Waals surface area contributed by atoms with Gasteiger partial charge in [-0.2, -0.15) is 0 Å². The van der Waals surface area contributed by atoms with E-state index in [0.717, 1.165) is 28.6 Å². The van der Waals surface area contributed by atoms with E-state index >= 15 is 0 Å². The van der Waals surface area contributed by atoms with Gasteiger partial charge in [0.1, 0.15) is 0 Å². The summed E-state index contributed by atoms with van der Waals surface area (Å²) in [6, 6.07) is 5.76. The number of hydrogen-bond donors (Lipinski definition) is 2. The maximum Gasteiger partial charge on any atom is 0.277 e. The van der Waals surface area contributed by atoms with Crippen molar-refractivity contribution in [2.45, 2.75) is 26.0 Å². The summed E-state index contributed by atoms with van der Waals surface area (Å²) >= 11 is 0.818. The number of hydrogen-bond acceptors (Lipinski definition) is 3. The molecule has 0 aromatic heterocycles. The van der Waals surface area contributed by atoms with Crippen LogP contribution in [0.4, 0.5) is 10.5 Å². The van der Waals surface area contributed by atoms with Crippen LogP contribution < -0.4 is 11.1 Å². The molecule has 0 aliphatic heterocycles. The number of anilines is 1. The average Bonchev–Trinajstić information content (AvgIpc) is 2.21. The predicted molar refractivity (Wildman–Crippen MR) is 71.2 cm³/mol.